The Morgan fingerprint density at radius 2 is 1.75 bits per heavy atom. The van der Waals surface area contributed by atoms with E-state index < -0.39 is 0 Å². The Kier molecular flexibility index (Phi) is 7.58. The highest BCUT2D eigenvalue weighted by Gasteiger charge is 2.06. The fourth-order valence-corrected chi connectivity index (χ4v) is 3.15. The van der Waals surface area contributed by atoms with Crippen LogP contribution in [0.3, 0.4) is 0 Å². The molecule has 0 fully saturated rings. The van der Waals surface area contributed by atoms with Gasteiger partial charge in [-0.15, -0.1) is 0 Å². The molecule has 32 heavy (non-hydrogen) atoms. The molecule has 3 rings (SSSR count). The van der Waals surface area contributed by atoms with Gasteiger partial charge in [0.25, 0.3) is 0 Å². The van der Waals surface area contributed by atoms with Gasteiger partial charge in [0.2, 0.25) is 11.9 Å². The Morgan fingerprint density at radius 1 is 1.00 bits per heavy atom. The lowest BCUT2D eigenvalue weighted by molar-refractivity contribution is 0.866. The maximum Gasteiger partial charge on any atom is 0.225 e. The quantitative estimate of drug-likeness (QED) is 0.331. The molecule has 1 heterocycles. The zero-order valence-electron chi connectivity index (χ0n) is 18.6. The van der Waals surface area contributed by atoms with E-state index in [9.17, 15) is 0 Å². The number of aliphatic imine (C=N–C) groups is 2. The Bertz CT molecular complexity index is 1090. The summed E-state index contributed by atoms with van der Waals surface area (Å²) in [4.78, 5) is 18.9. The van der Waals surface area contributed by atoms with Crippen molar-refractivity contribution in [2.24, 2.45) is 21.5 Å². The first kappa shape index (κ1) is 22.5. The van der Waals surface area contributed by atoms with Gasteiger partial charge in [-0.05, 0) is 56.7 Å². The predicted molar refractivity (Wildman–Crippen MR) is 133 cm³/mol. The Labute approximate surface area is 188 Å². The molecule has 0 aliphatic rings. The monoisotopic (exact) mass is 431 g/mol. The van der Waals surface area contributed by atoms with Crippen LogP contribution in [0.2, 0.25) is 0 Å². The van der Waals surface area contributed by atoms with E-state index in [1.165, 1.54) is 12.0 Å². The van der Waals surface area contributed by atoms with E-state index in [4.69, 9.17) is 11.5 Å². The van der Waals surface area contributed by atoms with Crippen LogP contribution < -0.4 is 27.0 Å². The zero-order chi connectivity index (χ0) is 22.9. The molecule has 0 spiro atoms. The van der Waals surface area contributed by atoms with Crippen LogP contribution >= 0.6 is 0 Å². The van der Waals surface area contributed by atoms with Crippen LogP contribution in [0, 0.1) is 6.92 Å². The number of aromatic nitrogens is 2. The molecular formula is C23H29N9. The zero-order valence-corrected chi connectivity index (χ0v) is 18.6. The molecule has 0 bridgehead atoms. The summed E-state index contributed by atoms with van der Waals surface area (Å²) in [5.41, 5.74) is 16.0. The number of guanidine groups is 2. The first-order valence-electron chi connectivity index (χ1n) is 10.4. The number of nitrogens with zero attached hydrogens (tertiary/aromatic N) is 5. The van der Waals surface area contributed by atoms with Gasteiger partial charge in [-0.3, -0.25) is 0 Å². The number of rotatable bonds is 7. The van der Waals surface area contributed by atoms with Gasteiger partial charge in [0.15, 0.2) is 5.82 Å². The highest BCUT2D eigenvalue weighted by atomic mass is 15.2. The van der Waals surface area contributed by atoms with E-state index in [0.29, 0.717) is 11.6 Å². The number of nitrogens with two attached hydrogens (primary N) is 2. The molecule has 166 valence electrons. The summed E-state index contributed by atoms with van der Waals surface area (Å²) < 4.78 is 0. The lowest BCUT2D eigenvalue weighted by Gasteiger charge is -2.22. The van der Waals surface area contributed by atoms with E-state index in [1.807, 2.05) is 43.3 Å². The van der Waals surface area contributed by atoms with Crippen molar-refractivity contribution in [3.8, 4) is 0 Å². The van der Waals surface area contributed by atoms with Crippen LogP contribution in [-0.2, 0) is 0 Å². The van der Waals surface area contributed by atoms with Crippen molar-refractivity contribution in [2.75, 3.05) is 28.6 Å². The third kappa shape index (κ3) is 6.18. The molecule has 0 amide bonds. The third-order valence-electron chi connectivity index (χ3n) is 4.76. The lowest BCUT2D eigenvalue weighted by atomic mass is 10.1. The first-order valence-corrected chi connectivity index (χ1v) is 10.4. The average molecular weight is 432 g/mol. The molecular weight excluding hydrogens is 402 g/mol. The Balaban J connectivity index is 1.69. The fourth-order valence-electron chi connectivity index (χ4n) is 3.15. The maximum absolute atomic E-state index is 6.03. The summed E-state index contributed by atoms with van der Waals surface area (Å²) in [7, 11) is 0. The molecule has 0 aliphatic heterocycles. The van der Waals surface area contributed by atoms with Crippen molar-refractivity contribution in [3.05, 3.63) is 66.5 Å². The minimum atomic E-state index is -0.0169. The van der Waals surface area contributed by atoms with Crippen LogP contribution in [0.25, 0.3) is 0 Å². The smallest absolute Gasteiger partial charge is 0.225 e. The largest absolute Gasteiger partial charge is 0.372 e. The average Bonchev–Trinajstić information content (AvgIpc) is 2.77. The minimum Gasteiger partial charge on any atom is -0.372 e. The summed E-state index contributed by atoms with van der Waals surface area (Å²) >= 11 is 0. The second-order valence-electron chi connectivity index (χ2n) is 7.02. The second-order valence-corrected chi connectivity index (χ2v) is 7.02. The standard InChI is InChI=1S/C23H29N9/c1-4-32(5-2)18-11-12-19(16(3)13-18)29-22(24)31-23(25)30-21-14-20(26-15-27-21)28-17-9-7-6-8-10-17/h6-15H,4-5H2,1-3H3,(H6,24,25,26,27,28,29,30,31). The molecule has 2 aromatic carbocycles. The fraction of sp³-hybridized carbons (Fsp3) is 0.217. The van der Waals surface area contributed by atoms with E-state index in [1.54, 1.807) is 6.07 Å². The van der Waals surface area contributed by atoms with E-state index in [0.717, 1.165) is 30.0 Å². The molecule has 6 N–H and O–H groups in total. The normalized spacial score (nSPS) is 11.8. The highest BCUT2D eigenvalue weighted by molar-refractivity contribution is 6.01. The molecule has 1 aromatic heterocycles. The highest BCUT2D eigenvalue weighted by Crippen LogP contribution is 2.22. The van der Waals surface area contributed by atoms with Crippen molar-refractivity contribution >= 4 is 40.6 Å². The molecule has 3 aromatic rings. The van der Waals surface area contributed by atoms with Crippen molar-refractivity contribution < 1.29 is 0 Å². The van der Waals surface area contributed by atoms with Gasteiger partial charge in [-0.25, -0.2) is 9.97 Å². The summed E-state index contributed by atoms with van der Waals surface area (Å²) in [6, 6.07) is 17.5. The number of nitrogens with one attached hydrogen (secondary N) is 2. The Morgan fingerprint density at radius 3 is 2.44 bits per heavy atom. The lowest BCUT2D eigenvalue weighted by Crippen LogP contribution is -2.26. The number of benzene rings is 2. The van der Waals surface area contributed by atoms with Gasteiger partial charge in [0.1, 0.15) is 12.1 Å². The summed E-state index contributed by atoms with van der Waals surface area (Å²) in [5.74, 6) is 1.09. The predicted octanol–water partition coefficient (Wildman–Crippen LogP) is 3.75. The van der Waals surface area contributed by atoms with Crippen LogP contribution in [0.15, 0.2) is 70.9 Å². The van der Waals surface area contributed by atoms with Crippen molar-refractivity contribution in [1.82, 2.24) is 9.97 Å². The minimum absolute atomic E-state index is 0.0169. The van der Waals surface area contributed by atoms with Gasteiger partial charge in [0, 0.05) is 36.2 Å². The Hall–Kier alpha value is -4.14. The number of hydrogen-bond donors (Lipinski definition) is 4. The molecule has 9 heteroatoms. The maximum atomic E-state index is 6.03. The van der Waals surface area contributed by atoms with Crippen molar-refractivity contribution in [1.29, 1.82) is 0 Å². The SMILES string of the molecule is CCN(CC)c1ccc(N/C(N)=N/C(N)=Nc2cc(Nc3ccccc3)ncn2)c(C)c1. The topological polar surface area (TPSA) is 130 Å². The molecule has 0 saturated heterocycles. The number of aryl methyl sites for hydroxylation is 1. The molecule has 0 unspecified atom stereocenters. The summed E-state index contributed by atoms with van der Waals surface area (Å²) in [6.07, 6.45) is 1.41. The van der Waals surface area contributed by atoms with E-state index in [-0.39, 0.29) is 11.9 Å². The van der Waals surface area contributed by atoms with Crippen LogP contribution in [0.5, 0.6) is 0 Å². The van der Waals surface area contributed by atoms with Gasteiger partial charge < -0.3 is 27.0 Å². The molecule has 9 nitrogen and oxygen atoms in total. The summed E-state index contributed by atoms with van der Waals surface area (Å²) in [6.45, 7) is 8.18. The van der Waals surface area contributed by atoms with E-state index >= 15 is 0 Å². The third-order valence-corrected chi connectivity index (χ3v) is 4.76. The van der Waals surface area contributed by atoms with Crippen molar-refractivity contribution in [2.45, 2.75) is 20.8 Å². The summed E-state index contributed by atoms with van der Waals surface area (Å²) in [5, 5.41) is 6.26. The molecule has 0 atom stereocenters. The number of para-hydroxylation sites is 1. The molecule has 0 radical (unpaired) electrons. The van der Waals surface area contributed by atoms with Gasteiger partial charge in [-0.2, -0.15) is 9.98 Å². The van der Waals surface area contributed by atoms with Gasteiger partial charge in [0.05, 0.1) is 0 Å². The number of hydrogen-bond acceptors (Lipinski definition) is 5. The first-order chi connectivity index (χ1) is 15.5. The van der Waals surface area contributed by atoms with Crippen LogP contribution in [0.4, 0.5) is 28.7 Å². The molecule has 0 saturated carbocycles. The van der Waals surface area contributed by atoms with Crippen molar-refractivity contribution in [3.63, 3.8) is 0 Å². The van der Waals surface area contributed by atoms with Crippen LogP contribution in [0.1, 0.15) is 19.4 Å². The number of anilines is 4. The van der Waals surface area contributed by atoms with E-state index in [2.05, 4.69) is 61.5 Å². The van der Waals surface area contributed by atoms with Gasteiger partial charge in [-0.1, -0.05) is 18.2 Å². The van der Waals surface area contributed by atoms with Crippen LogP contribution in [-0.4, -0.2) is 35.0 Å². The second kappa shape index (κ2) is 10.8. The molecule has 0 aliphatic carbocycles. The van der Waals surface area contributed by atoms with Gasteiger partial charge >= 0.3 is 0 Å².